The van der Waals surface area contributed by atoms with Crippen molar-refractivity contribution in [3.63, 3.8) is 0 Å². The molecule has 6 nitrogen and oxygen atoms in total. The Kier molecular flexibility index (Phi) is 3.78. The quantitative estimate of drug-likeness (QED) is 0.636. The molecule has 0 radical (unpaired) electrons. The van der Waals surface area contributed by atoms with E-state index in [0.717, 1.165) is 31.9 Å². The Labute approximate surface area is 106 Å². The van der Waals surface area contributed by atoms with Crippen molar-refractivity contribution in [2.45, 2.75) is 6.61 Å². The lowest BCUT2D eigenvalue weighted by Gasteiger charge is -2.34. The smallest absolute Gasteiger partial charge is 0.275 e. The van der Waals surface area contributed by atoms with Gasteiger partial charge in [0.05, 0.1) is 17.1 Å². The van der Waals surface area contributed by atoms with Crippen molar-refractivity contribution in [1.82, 2.24) is 4.90 Å². The zero-order valence-electron chi connectivity index (χ0n) is 10.4. The first-order valence-electron chi connectivity index (χ1n) is 5.93. The van der Waals surface area contributed by atoms with Crippen molar-refractivity contribution < 1.29 is 10.0 Å². The molecule has 1 aliphatic heterocycles. The lowest BCUT2D eigenvalue weighted by Crippen LogP contribution is -2.44. The molecular weight excluding hydrogens is 234 g/mol. The predicted molar refractivity (Wildman–Crippen MR) is 68.7 cm³/mol. The fourth-order valence-corrected chi connectivity index (χ4v) is 2.14. The molecule has 1 aromatic carbocycles. The summed E-state index contributed by atoms with van der Waals surface area (Å²) in [4.78, 5) is 14.8. The van der Waals surface area contributed by atoms with Gasteiger partial charge in [-0.25, -0.2) is 0 Å². The fourth-order valence-electron chi connectivity index (χ4n) is 2.14. The molecule has 18 heavy (non-hydrogen) atoms. The van der Waals surface area contributed by atoms with Crippen molar-refractivity contribution in [3.8, 4) is 0 Å². The van der Waals surface area contributed by atoms with Crippen LogP contribution in [-0.2, 0) is 6.61 Å². The summed E-state index contributed by atoms with van der Waals surface area (Å²) in [5.41, 5.74) is 1.30. The molecule has 0 bridgehead atoms. The van der Waals surface area contributed by atoms with Gasteiger partial charge in [-0.2, -0.15) is 0 Å². The van der Waals surface area contributed by atoms with E-state index >= 15 is 0 Å². The summed E-state index contributed by atoms with van der Waals surface area (Å²) < 4.78 is 0. The van der Waals surface area contributed by atoms with Gasteiger partial charge in [0.1, 0.15) is 0 Å². The highest BCUT2D eigenvalue weighted by atomic mass is 16.6. The van der Waals surface area contributed by atoms with Crippen LogP contribution in [0.15, 0.2) is 18.2 Å². The van der Waals surface area contributed by atoms with Crippen molar-refractivity contribution in [2.24, 2.45) is 0 Å². The monoisotopic (exact) mass is 251 g/mol. The zero-order valence-corrected chi connectivity index (χ0v) is 10.4. The van der Waals surface area contributed by atoms with Crippen LogP contribution in [0.4, 0.5) is 11.4 Å². The molecule has 1 aliphatic rings. The van der Waals surface area contributed by atoms with Gasteiger partial charge in [0.2, 0.25) is 0 Å². The van der Waals surface area contributed by atoms with E-state index in [1.807, 2.05) is 0 Å². The Morgan fingerprint density at radius 1 is 1.33 bits per heavy atom. The molecule has 1 fully saturated rings. The molecule has 2 rings (SSSR count). The summed E-state index contributed by atoms with van der Waals surface area (Å²) in [6.07, 6.45) is 0. The number of nitro groups is 1. The Hall–Kier alpha value is -1.66. The van der Waals surface area contributed by atoms with Crippen LogP contribution < -0.4 is 4.90 Å². The highest BCUT2D eigenvalue weighted by Gasteiger charge is 2.18. The number of piperazine rings is 1. The van der Waals surface area contributed by atoms with Crippen molar-refractivity contribution in [1.29, 1.82) is 0 Å². The number of nitro benzene ring substituents is 1. The van der Waals surface area contributed by atoms with Crippen LogP contribution in [0.3, 0.4) is 0 Å². The van der Waals surface area contributed by atoms with Crippen LogP contribution in [0.25, 0.3) is 0 Å². The minimum absolute atomic E-state index is 0.0182. The van der Waals surface area contributed by atoms with Crippen LogP contribution in [-0.4, -0.2) is 48.2 Å². The third-order valence-electron chi connectivity index (χ3n) is 3.30. The number of hydrogen-bond acceptors (Lipinski definition) is 5. The fraction of sp³-hybridized carbons (Fsp3) is 0.500. The maximum atomic E-state index is 10.8. The van der Waals surface area contributed by atoms with Gasteiger partial charge in [0.25, 0.3) is 5.69 Å². The van der Waals surface area contributed by atoms with E-state index in [4.69, 9.17) is 0 Å². The van der Waals surface area contributed by atoms with E-state index in [-0.39, 0.29) is 12.3 Å². The normalized spacial score (nSPS) is 16.9. The van der Waals surface area contributed by atoms with E-state index in [1.54, 1.807) is 12.1 Å². The minimum Gasteiger partial charge on any atom is -0.391 e. The molecule has 1 aromatic rings. The Balaban J connectivity index is 2.22. The number of likely N-dealkylation sites (N-methyl/N-ethyl adjacent to an activating group) is 1. The summed E-state index contributed by atoms with van der Waals surface area (Å²) in [5.74, 6) is 0. The van der Waals surface area contributed by atoms with Gasteiger partial charge < -0.3 is 14.9 Å². The van der Waals surface area contributed by atoms with Crippen molar-refractivity contribution >= 4 is 11.4 Å². The van der Waals surface area contributed by atoms with Crippen LogP contribution in [0.2, 0.25) is 0 Å². The van der Waals surface area contributed by atoms with Crippen LogP contribution >= 0.6 is 0 Å². The van der Waals surface area contributed by atoms with E-state index in [9.17, 15) is 15.2 Å². The average molecular weight is 251 g/mol. The van der Waals surface area contributed by atoms with Gasteiger partial charge >= 0.3 is 0 Å². The molecule has 1 heterocycles. The number of aliphatic hydroxyl groups excluding tert-OH is 1. The van der Waals surface area contributed by atoms with E-state index in [0.29, 0.717) is 5.56 Å². The van der Waals surface area contributed by atoms with Gasteiger partial charge in [-0.15, -0.1) is 0 Å². The van der Waals surface area contributed by atoms with Gasteiger partial charge in [0.15, 0.2) is 0 Å². The van der Waals surface area contributed by atoms with E-state index in [1.165, 1.54) is 6.07 Å². The second-order valence-electron chi connectivity index (χ2n) is 4.52. The van der Waals surface area contributed by atoms with Gasteiger partial charge in [-0.05, 0) is 19.2 Å². The summed E-state index contributed by atoms with van der Waals surface area (Å²) in [6, 6.07) is 4.94. The second kappa shape index (κ2) is 5.32. The first-order valence-corrected chi connectivity index (χ1v) is 5.93. The molecule has 0 amide bonds. The Bertz CT molecular complexity index is 442. The number of hydrogen-bond donors (Lipinski definition) is 1. The maximum Gasteiger partial charge on any atom is 0.275 e. The van der Waals surface area contributed by atoms with E-state index in [2.05, 4.69) is 16.8 Å². The SMILES string of the molecule is CN1CCN(c2ccc([N+](=O)[O-])c(CO)c2)CC1. The predicted octanol–water partition coefficient (Wildman–Crippen LogP) is 0.839. The third-order valence-corrected chi connectivity index (χ3v) is 3.30. The average Bonchev–Trinajstić information content (AvgIpc) is 2.38. The van der Waals surface area contributed by atoms with E-state index < -0.39 is 4.92 Å². The maximum absolute atomic E-state index is 10.8. The lowest BCUT2D eigenvalue weighted by molar-refractivity contribution is -0.385. The molecule has 1 N–H and O–H groups in total. The Morgan fingerprint density at radius 2 is 2.00 bits per heavy atom. The molecule has 0 saturated carbocycles. The summed E-state index contributed by atoms with van der Waals surface area (Å²) in [5, 5.41) is 20.0. The largest absolute Gasteiger partial charge is 0.391 e. The molecule has 1 saturated heterocycles. The first kappa shape index (κ1) is 12.8. The summed E-state index contributed by atoms with van der Waals surface area (Å²) in [7, 11) is 2.08. The molecule has 0 aromatic heterocycles. The van der Waals surface area contributed by atoms with Crippen molar-refractivity contribution in [2.75, 3.05) is 38.1 Å². The highest BCUT2D eigenvalue weighted by molar-refractivity contribution is 5.55. The number of anilines is 1. The molecular formula is C12H17N3O3. The standard InChI is InChI=1S/C12H17N3O3/c1-13-4-6-14(7-5-13)11-2-3-12(15(17)18)10(8-11)9-16/h2-3,8,16H,4-7,9H2,1H3. The molecule has 98 valence electrons. The van der Waals surface area contributed by atoms with Crippen LogP contribution in [0.1, 0.15) is 5.56 Å². The van der Waals surface area contributed by atoms with Crippen LogP contribution in [0, 0.1) is 10.1 Å². The molecule has 0 aliphatic carbocycles. The number of benzene rings is 1. The first-order chi connectivity index (χ1) is 8.61. The Morgan fingerprint density at radius 3 is 2.56 bits per heavy atom. The number of rotatable bonds is 3. The van der Waals surface area contributed by atoms with Gasteiger partial charge in [-0.3, -0.25) is 10.1 Å². The topological polar surface area (TPSA) is 69.9 Å². The molecule has 0 unspecified atom stereocenters. The van der Waals surface area contributed by atoms with Gasteiger partial charge in [0, 0.05) is 37.9 Å². The number of nitrogens with zero attached hydrogens (tertiary/aromatic N) is 3. The highest BCUT2D eigenvalue weighted by Crippen LogP contribution is 2.25. The summed E-state index contributed by atoms with van der Waals surface area (Å²) >= 11 is 0. The minimum atomic E-state index is -0.459. The zero-order chi connectivity index (χ0) is 13.1. The van der Waals surface area contributed by atoms with Crippen LogP contribution in [0.5, 0.6) is 0 Å². The lowest BCUT2D eigenvalue weighted by atomic mass is 10.1. The number of aliphatic hydroxyl groups is 1. The third kappa shape index (κ3) is 2.60. The molecule has 0 atom stereocenters. The van der Waals surface area contributed by atoms with Crippen molar-refractivity contribution in [3.05, 3.63) is 33.9 Å². The second-order valence-corrected chi connectivity index (χ2v) is 4.52. The molecule has 0 spiro atoms. The molecule has 6 heteroatoms. The van der Waals surface area contributed by atoms with Gasteiger partial charge in [-0.1, -0.05) is 0 Å². The summed E-state index contributed by atoms with van der Waals surface area (Å²) in [6.45, 7) is 3.45.